The van der Waals surface area contributed by atoms with Gasteiger partial charge in [0, 0.05) is 12.5 Å². The number of ether oxygens (including phenoxy) is 2. The van der Waals surface area contributed by atoms with Crippen LogP contribution >= 0.6 is 0 Å². The molecule has 1 fully saturated rings. The topological polar surface area (TPSA) is 75.5 Å². The van der Waals surface area contributed by atoms with Gasteiger partial charge >= 0.3 is 0 Å². The molecule has 0 radical (unpaired) electrons. The van der Waals surface area contributed by atoms with Crippen molar-refractivity contribution in [1.29, 1.82) is 5.26 Å². The minimum atomic E-state index is 0.0682. The number of hydrogen-bond donors (Lipinski definition) is 0. The number of rotatable bonds is 8. The lowest BCUT2D eigenvalue weighted by Crippen LogP contribution is -2.54. The molecule has 6 nitrogen and oxygen atoms in total. The highest BCUT2D eigenvalue weighted by Crippen LogP contribution is 2.29. The minimum Gasteiger partial charge on any atom is -0.487 e. The van der Waals surface area contributed by atoms with Crippen LogP contribution < -0.4 is 14.4 Å². The minimum absolute atomic E-state index is 0.0682. The number of aromatic nitrogens is 1. The summed E-state index contributed by atoms with van der Waals surface area (Å²) in [5.41, 5.74) is 2.31. The fourth-order valence-corrected chi connectivity index (χ4v) is 3.33. The maximum Gasteiger partial charge on any atom is 0.214 e. The number of nitrogens with zero attached hydrogens (tertiary/aromatic N) is 3. The number of ketones is 1. The third kappa shape index (κ3) is 4.61. The van der Waals surface area contributed by atoms with Crippen LogP contribution in [0.5, 0.6) is 11.6 Å². The number of anilines is 1. The fourth-order valence-electron chi connectivity index (χ4n) is 3.33. The van der Waals surface area contributed by atoms with Crippen LogP contribution in [0.25, 0.3) is 0 Å². The number of benzene rings is 1. The monoisotopic (exact) mass is 379 g/mol. The molecular weight excluding hydrogens is 354 g/mol. The van der Waals surface area contributed by atoms with Crippen molar-refractivity contribution < 1.29 is 14.3 Å². The van der Waals surface area contributed by atoms with E-state index in [9.17, 15) is 10.1 Å². The maximum atomic E-state index is 11.3. The summed E-state index contributed by atoms with van der Waals surface area (Å²) < 4.78 is 11.4. The highest BCUT2D eigenvalue weighted by molar-refractivity contribution is 5.76. The Morgan fingerprint density at radius 1 is 1.29 bits per heavy atom. The van der Waals surface area contributed by atoms with E-state index in [1.165, 1.54) is 0 Å². The predicted octanol–water partition coefficient (Wildman–Crippen LogP) is 3.70. The molecule has 3 rings (SSSR count). The van der Waals surface area contributed by atoms with Crippen molar-refractivity contribution in [3.8, 4) is 17.7 Å². The molecule has 1 aliphatic rings. The SMILES string of the molecule is CCOc1ccc(N2CC(Oc3ccc([C@H](C)CC(C)=O)cc3)C2)c(C#N)n1. The van der Waals surface area contributed by atoms with Gasteiger partial charge in [0.25, 0.3) is 0 Å². The van der Waals surface area contributed by atoms with Gasteiger partial charge in [-0.2, -0.15) is 5.26 Å². The summed E-state index contributed by atoms with van der Waals surface area (Å²) in [5, 5.41) is 9.36. The molecule has 1 aromatic heterocycles. The summed E-state index contributed by atoms with van der Waals surface area (Å²) in [7, 11) is 0. The maximum absolute atomic E-state index is 11.3. The molecule has 1 aliphatic heterocycles. The highest BCUT2D eigenvalue weighted by Gasteiger charge is 2.30. The zero-order valence-corrected chi connectivity index (χ0v) is 16.5. The Morgan fingerprint density at radius 2 is 2.00 bits per heavy atom. The van der Waals surface area contributed by atoms with Crippen molar-refractivity contribution >= 4 is 11.5 Å². The molecule has 0 bridgehead atoms. The van der Waals surface area contributed by atoms with Crippen LogP contribution in [0.1, 0.15) is 44.4 Å². The lowest BCUT2D eigenvalue weighted by molar-refractivity contribution is -0.117. The molecule has 1 atom stereocenters. The average Bonchev–Trinajstić information content (AvgIpc) is 2.65. The number of Topliss-reactive ketones (excluding diaryl/α,β-unsaturated/α-hetero) is 1. The van der Waals surface area contributed by atoms with Gasteiger partial charge in [-0.25, -0.2) is 4.98 Å². The zero-order valence-electron chi connectivity index (χ0n) is 16.5. The van der Waals surface area contributed by atoms with E-state index in [4.69, 9.17) is 9.47 Å². The van der Waals surface area contributed by atoms with E-state index in [0.29, 0.717) is 37.7 Å². The smallest absolute Gasteiger partial charge is 0.214 e. The van der Waals surface area contributed by atoms with Gasteiger partial charge in [-0.3, -0.25) is 0 Å². The molecule has 6 heteroatoms. The highest BCUT2D eigenvalue weighted by atomic mass is 16.5. The molecule has 2 heterocycles. The van der Waals surface area contributed by atoms with Crippen LogP contribution in [-0.4, -0.2) is 36.6 Å². The van der Waals surface area contributed by atoms with Gasteiger partial charge in [-0.1, -0.05) is 19.1 Å². The first-order chi connectivity index (χ1) is 13.5. The van der Waals surface area contributed by atoms with Crippen LogP contribution in [0, 0.1) is 11.3 Å². The summed E-state index contributed by atoms with van der Waals surface area (Å²) in [6.07, 6.45) is 0.619. The molecule has 0 amide bonds. The Hall–Kier alpha value is -3.07. The summed E-state index contributed by atoms with van der Waals surface area (Å²) in [4.78, 5) is 17.6. The van der Waals surface area contributed by atoms with E-state index in [2.05, 4.69) is 22.9 Å². The number of carbonyl (C=O) groups excluding carboxylic acids is 1. The van der Waals surface area contributed by atoms with Crippen molar-refractivity contribution in [3.05, 3.63) is 47.7 Å². The van der Waals surface area contributed by atoms with Gasteiger partial charge in [-0.05, 0) is 43.5 Å². The molecule has 0 aliphatic carbocycles. The number of hydrogen-bond acceptors (Lipinski definition) is 6. The van der Waals surface area contributed by atoms with Gasteiger partial charge in [0.1, 0.15) is 23.7 Å². The van der Waals surface area contributed by atoms with Crippen LogP contribution in [0.3, 0.4) is 0 Å². The van der Waals surface area contributed by atoms with E-state index in [1.54, 1.807) is 13.0 Å². The lowest BCUT2D eigenvalue weighted by Gasteiger charge is -2.40. The second kappa shape index (κ2) is 8.75. The summed E-state index contributed by atoms with van der Waals surface area (Å²) in [6, 6.07) is 13.7. The molecule has 28 heavy (non-hydrogen) atoms. The second-order valence-electron chi connectivity index (χ2n) is 7.08. The Labute approximate surface area is 165 Å². The second-order valence-corrected chi connectivity index (χ2v) is 7.08. The molecule has 0 saturated carbocycles. The molecule has 1 aromatic carbocycles. The van der Waals surface area contributed by atoms with Crippen LogP contribution in [0.2, 0.25) is 0 Å². The van der Waals surface area contributed by atoms with Crippen molar-refractivity contribution in [3.63, 3.8) is 0 Å². The largest absolute Gasteiger partial charge is 0.487 e. The first-order valence-electron chi connectivity index (χ1n) is 9.55. The first-order valence-corrected chi connectivity index (χ1v) is 9.55. The fraction of sp³-hybridized carbons (Fsp3) is 0.409. The molecule has 0 spiro atoms. The van der Waals surface area contributed by atoms with Gasteiger partial charge in [0.2, 0.25) is 5.88 Å². The standard InChI is InChI=1S/C22H25N3O3/c1-4-27-22-10-9-21(20(12-23)24-22)25-13-19(14-25)28-18-7-5-17(6-8-18)15(2)11-16(3)26/h5-10,15,19H,4,11,13-14H2,1-3H3/t15-/m1/s1. The van der Waals surface area contributed by atoms with Crippen molar-refractivity contribution in [2.75, 3.05) is 24.6 Å². The lowest BCUT2D eigenvalue weighted by atomic mass is 9.96. The van der Waals surface area contributed by atoms with E-state index in [1.807, 2.05) is 37.3 Å². The van der Waals surface area contributed by atoms with Crippen LogP contribution in [0.4, 0.5) is 5.69 Å². The van der Waals surface area contributed by atoms with E-state index < -0.39 is 0 Å². The van der Waals surface area contributed by atoms with Gasteiger partial charge in [-0.15, -0.1) is 0 Å². The third-order valence-corrected chi connectivity index (χ3v) is 4.78. The molecule has 146 valence electrons. The average molecular weight is 379 g/mol. The van der Waals surface area contributed by atoms with Crippen molar-refractivity contribution in [2.24, 2.45) is 0 Å². The molecule has 1 saturated heterocycles. The Balaban J connectivity index is 1.56. The summed E-state index contributed by atoms with van der Waals surface area (Å²) in [6.45, 7) is 7.48. The molecular formula is C22H25N3O3. The number of nitriles is 1. The summed E-state index contributed by atoms with van der Waals surface area (Å²) >= 11 is 0. The summed E-state index contributed by atoms with van der Waals surface area (Å²) in [5.74, 6) is 1.69. The predicted molar refractivity (Wildman–Crippen MR) is 107 cm³/mol. The first kappa shape index (κ1) is 19.7. The number of pyridine rings is 1. The van der Waals surface area contributed by atoms with Gasteiger partial charge in [0.05, 0.1) is 25.4 Å². The quantitative estimate of drug-likeness (QED) is 0.696. The Morgan fingerprint density at radius 3 is 2.61 bits per heavy atom. The van der Waals surface area contributed by atoms with Gasteiger partial charge in [0.15, 0.2) is 5.69 Å². The van der Waals surface area contributed by atoms with E-state index in [0.717, 1.165) is 17.0 Å². The van der Waals surface area contributed by atoms with Crippen molar-refractivity contribution in [2.45, 2.75) is 39.2 Å². The zero-order chi connectivity index (χ0) is 20.1. The molecule has 0 unspecified atom stereocenters. The normalized spacial score (nSPS) is 14.7. The van der Waals surface area contributed by atoms with E-state index >= 15 is 0 Å². The molecule has 2 aromatic rings. The van der Waals surface area contributed by atoms with Crippen LogP contribution in [-0.2, 0) is 4.79 Å². The van der Waals surface area contributed by atoms with Crippen molar-refractivity contribution in [1.82, 2.24) is 4.98 Å². The number of carbonyl (C=O) groups is 1. The molecule has 0 N–H and O–H groups in total. The van der Waals surface area contributed by atoms with Crippen LogP contribution in [0.15, 0.2) is 36.4 Å². The Bertz CT molecular complexity index is 868. The third-order valence-electron chi connectivity index (χ3n) is 4.78. The van der Waals surface area contributed by atoms with E-state index in [-0.39, 0.29) is 17.8 Å². The van der Waals surface area contributed by atoms with Gasteiger partial charge < -0.3 is 19.2 Å². The Kier molecular flexibility index (Phi) is 6.15.